The minimum Gasteiger partial charge on any atom is -0.345 e. The molecule has 1 fully saturated rings. The van der Waals surface area contributed by atoms with E-state index in [1.54, 1.807) is 30.0 Å². The predicted molar refractivity (Wildman–Crippen MR) is 93.3 cm³/mol. The Balaban J connectivity index is 1.69. The smallest absolute Gasteiger partial charge is 0.251 e. The Bertz CT molecular complexity index is 838. The Kier molecular flexibility index (Phi) is 5.30. The van der Waals surface area contributed by atoms with Crippen LogP contribution >= 0.6 is 0 Å². The molecule has 3 rings (SSSR count). The lowest BCUT2D eigenvalue weighted by Crippen LogP contribution is -2.28. The molecule has 4 nitrogen and oxygen atoms in total. The lowest BCUT2D eigenvalue weighted by Gasteiger charge is -2.17. The third-order valence-corrected chi connectivity index (χ3v) is 4.51. The highest BCUT2D eigenvalue weighted by Gasteiger charge is 2.20. The van der Waals surface area contributed by atoms with Gasteiger partial charge in [-0.25, -0.2) is 8.78 Å². The van der Waals surface area contributed by atoms with E-state index in [1.165, 1.54) is 6.07 Å². The van der Waals surface area contributed by atoms with Crippen LogP contribution in [-0.2, 0) is 11.3 Å². The van der Waals surface area contributed by atoms with Gasteiger partial charge >= 0.3 is 0 Å². The average molecular weight is 358 g/mol. The minimum absolute atomic E-state index is 0.125. The maximum atomic E-state index is 13.9. The van der Waals surface area contributed by atoms with Crippen LogP contribution in [-0.4, -0.2) is 23.3 Å². The molecule has 1 aliphatic rings. The molecule has 0 aliphatic carbocycles. The molecule has 2 aromatic carbocycles. The molecule has 0 spiro atoms. The summed E-state index contributed by atoms with van der Waals surface area (Å²) in [6.45, 7) is 2.85. The Morgan fingerprint density at radius 1 is 1.23 bits per heavy atom. The van der Waals surface area contributed by atoms with Crippen LogP contribution in [0.3, 0.4) is 0 Å². The van der Waals surface area contributed by atoms with E-state index in [0.717, 1.165) is 30.7 Å². The van der Waals surface area contributed by atoms with E-state index in [2.05, 4.69) is 5.32 Å². The van der Waals surface area contributed by atoms with E-state index >= 15 is 0 Å². The standard InChI is InChI=1S/C20H20F2N2O2/c1-13(17-8-7-16(21)11-18(17)22)23-20(26)15-5-2-4-14(10-15)12-24-9-3-6-19(24)25/h2,4-5,7-8,10-11,13H,3,6,9,12H2,1H3,(H,23,26)/t13-/m0/s1. The molecule has 6 heteroatoms. The molecule has 0 unspecified atom stereocenters. The van der Waals surface area contributed by atoms with Crippen molar-refractivity contribution in [3.05, 3.63) is 70.8 Å². The van der Waals surface area contributed by atoms with E-state index in [0.29, 0.717) is 18.5 Å². The van der Waals surface area contributed by atoms with Crippen molar-refractivity contribution < 1.29 is 18.4 Å². The fourth-order valence-electron chi connectivity index (χ4n) is 3.11. The number of hydrogen-bond donors (Lipinski definition) is 1. The van der Waals surface area contributed by atoms with Gasteiger partial charge in [-0.15, -0.1) is 0 Å². The lowest BCUT2D eigenvalue weighted by atomic mass is 10.1. The van der Waals surface area contributed by atoms with Crippen LogP contribution in [0.25, 0.3) is 0 Å². The zero-order valence-corrected chi connectivity index (χ0v) is 14.5. The van der Waals surface area contributed by atoms with Gasteiger partial charge in [0.2, 0.25) is 5.91 Å². The monoisotopic (exact) mass is 358 g/mol. The summed E-state index contributed by atoms with van der Waals surface area (Å²) in [5.41, 5.74) is 1.52. The summed E-state index contributed by atoms with van der Waals surface area (Å²) >= 11 is 0. The first-order chi connectivity index (χ1) is 12.4. The number of likely N-dealkylation sites (tertiary alicyclic amines) is 1. The summed E-state index contributed by atoms with van der Waals surface area (Å²) in [5, 5.41) is 2.72. The molecule has 1 heterocycles. The van der Waals surface area contributed by atoms with E-state index in [1.807, 2.05) is 6.07 Å². The second-order valence-corrected chi connectivity index (χ2v) is 6.48. The van der Waals surface area contributed by atoms with Crippen molar-refractivity contribution in [1.82, 2.24) is 10.2 Å². The minimum atomic E-state index is -0.695. The largest absolute Gasteiger partial charge is 0.345 e. The number of halogens is 2. The fourth-order valence-corrected chi connectivity index (χ4v) is 3.11. The van der Waals surface area contributed by atoms with Crippen molar-refractivity contribution >= 4 is 11.8 Å². The summed E-state index contributed by atoms with van der Waals surface area (Å²) in [6.07, 6.45) is 1.43. The second kappa shape index (κ2) is 7.64. The molecule has 0 saturated carbocycles. The van der Waals surface area contributed by atoms with Crippen LogP contribution in [0, 0.1) is 11.6 Å². The molecule has 1 N–H and O–H groups in total. The maximum absolute atomic E-state index is 13.9. The van der Waals surface area contributed by atoms with Gasteiger partial charge in [0.1, 0.15) is 11.6 Å². The summed E-state index contributed by atoms with van der Waals surface area (Å²) in [4.78, 5) is 26.0. The van der Waals surface area contributed by atoms with Crippen molar-refractivity contribution in [1.29, 1.82) is 0 Å². The predicted octanol–water partition coefficient (Wildman–Crippen LogP) is 3.58. The molecule has 0 radical (unpaired) electrons. The Labute approximate surface area is 150 Å². The van der Waals surface area contributed by atoms with Crippen LogP contribution in [0.5, 0.6) is 0 Å². The molecule has 2 aromatic rings. The Morgan fingerprint density at radius 3 is 2.73 bits per heavy atom. The van der Waals surface area contributed by atoms with Gasteiger partial charge in [-0.1, -0.05) is 18.2 Å². The first-order valence-corrected chi connectivity index (χ1v) is 8.56. The van der Waals surface area contributed by atoms with Crippen molar-refractivity contribution in [2.75, 3.05) is 6.54 Å². The molecule has 136 valence electrons. The zero-order chi connectivity index (χ0) is 18.7. The van der Waals surface area contributed by atoms with E-state index in [4.69, 9.17) is 0 Å². The van der Waals surface area contributed by atoms with Gasteiger partial charge in [-0.2, -0.15) is 0 Å². The third kappa shape index (κ3) is 4.07. The number of carbonyl (C=O) groups is 2. The van der Waals surface area contributed by atoms with Crippen molar-refractivity contribution in [3.8, 4) is 0 Å². The number of benzene rings is 2. The van der Waals surface area contributed by atoms with E-state index in [9.17, 15) is 18.4 Å². The molecule has 2 amide bonds. The number of carbonyl (C=O) groups excluding carboxylic acids is 2. The SMILES string of the molecule is C[C@H](NC(=O)c1cccc(CN2CCCC2=O)c1)c1ccc(F)cc1F. The molecular formula is C20H20F2N2O2. The molecule has 1 atom stereocenters. The van der Waals surface area contributed by atoms with Crippen LogP contribution < -0.4 is 5.32 Å². The molecule has 26 heavy (non-hydrogen) atoms. The molecule has 1 saturated heterocycles. The van der Waals surface area contributed by atoms with E-state index in [-0.39, 0.29) is 17.4 Å². The highest BCUT2D eigenvalue weighted by atomic mass is 19.1. The van der Waals surface area contributed by atoms with Gasteiger partial charge in [0.15, 0.2) is 0 Å². The summed E-state index contributed by atoms with van der Waals surface area (Å²) in [6, 6.07) is 9.70. The number of hydrogen-bond acceptors (Lipinski definition) is 2. The molecule has 0 bridgehead atoms. The lowest BCUT2D eigenvalue weighted by molar-refractivity contribution is -0.128. The molecule has 1 aliphatic heterocycles. The van der Waals surface area contributed by atoms with Crippen molar-refractivity contribution in [3.63, 3.8) is 0 Å². The second-order valence-electron chi connectivity index (χ2n) is 6.48. The first-order valence-electron chi connectivity index (χ1n) is 8.56. The number of nitrogens with one attached hydrogen (secondary N) is 1. The third-order valence-electron chi connectivity index (χ3n) is 4.51. The van der Waals surface area contributed by atoms with Gasteiger partial charge in [-0.05, 0) is 37.1 Å². The van der Waals surface area contributed by atoms with Crippen molar-refractivity contribution in [2.24, 2.45) is 0 Å². The topological polar surface area (TPSA) is 49.4 Å². The molecular weight excluding hydrogens is 338 g/mol. The summed E-state index contributed by atoms with van der Waals surface area (Å²) < 4.78 is 26.9. The highest BCUT2D eigenvalue weighted by molar-refractivity contribution is 5.94. The Hall–Kier alpha value is -2.76. The summed E-state index contributed by atoms with van der Waals surface area (Å²) in [5.74, 6) is -1.58. The first kappa shape index (κ1) is 18.0. The number of nitrogens with zero attached hydrogens (tertiary/aromatic N) is 1. The van der Waals surface area contributed by atoms with Gasteiger partial charge in [0, 0.05) is 36.7 Å². The van der Waals surface area contributed by atoms with Gasteiger partial charge < -0.3 is 10.2 Å². The van der Waals surface area contributed by atoms with Crippen LogP contribution in [0.15, 0.2) is 42.5 Å². The van der Waals surface area contributed by atoms with Gasteiger partial charge in [0.25, 0.3) is 5.91 Å². The summed E-state index contributed by atoms with van der Waals surface area (Å²) in [7, 11) is 0. The quantitative estimate of drug-likeness (QED) is 0.888. The highest BCUT2D eigenvalue weighted by Crippen LogP contribution is 2.19. The Morgan fingerprint density at radius 2 is 2.04 bits per heavy atom. The van der Waals surface area contributed by atoms with Crippen LogP contribution in [0.1, 0.15) is 47.3 Å². The molecule has 0 aromatic heterocycles. The zero-order valence-electron chi connectivity index (χ0n) is 14.5. The van der Waals surface area contributed by atoms with Gasteiger partial charge in [0.05, 0.1) is 6.04 Å². The number of rotatable bonds is 5. The average Bonchev–Trinajstić information content (AvgIpc) is 2.99. The van der Waals surface area contributed by atoms with E-state index < -0.39 is 17.7 Å². The fraction of sp³-hybridized carbons (Fsp3) is 0.300. The normalized spacial score (nSPS) is 15.2. The van der Waals surface area contributed by atoms with Crippen molar-refractivity contribution in [2.45, 2.75) is 32.4 Å². The van der Waals surface area contributed by atoms with Crippen LogP contribution in [0.2, 0.25) is 0 Å². The van der Waals surface area contributed by atoms with Gasteiger partial charge in [-0.3, -0.25) is 9.59 Å². The number of amides is 2. The maximum Gasteiger partial charge on any atom is 0.251 e. The van der Waals surface area contributed by atoms with Crippen LogP contribution in [0.4, 0.5) is 8.78 Å².